The summed E-state index contributed by atoms with van der Waals surface area (Å²) in [7, 11) is 3.24. The summed E-state index contributed by atoms with van der Waals surface area (Å²) in [5, 5.41) is 4.15. The second-order valence-electron chi connectivity index (χ2n) is 3.97. The highest BCUT2D eigenvalue weighted by Crippen LogP contribution is 2.14. The normalized spacial score (nSPS) is 12.1. The van der Waals surface area contributed by atoms with E-state index in [2.05, 4.69) is 34.0 Å². The molecule has 0 bridgehead atoms. The van der Waals surface area contributed by atoms with Gasteiger partial charge in [0.2, 0.25) is 0 Å². The predicted molar refractivity (Wildman–Crippen MR) is 79.1 cm³/mol. The third-order valence-corrected chi connectivity index (χ3v) is 3.45. The zero-order valence-corrected chi connectivity index (χ0v) is 11.9. The second kappa shape index (κ2) is 7.19. The Balaban J connectivity index is 2.28. The van der Waals surface area contributed by atoms with E-state index in [1.54, 1.807) is 25.6 Å². The van der Waals surface area contributed by atoms with Crippen LogP contribution in [-0.2, 0) is 9.47 Å². The summed E-state index contributed by atoms with van der Waals surface area (Å²) >= 11 is 1.67. The molecule has 0 aliphatic carbocycles. The molecule has 1 heterocycles. The molecule has 0 saturated heterocycles. The van der Waals surface area contributed by atoms with Crippen molar-refractivity contribution >= 4 is 17.0 Å². The molecule has 0 aliphatic heterocycles. The van der Waals surface area contributed by atoms with Crippen molar-refractivity contribution in [1.29, 1.82) is 0 Å². The average Bonchev–Trinajstić information content (AvgIpc) is 2.99. The minimum absolute atomic E-state index is 0.308. The molecule has 3 nitrogen and oxygen atoms in total. The number of hydrogen-bond donors (Lipinski definition) is 0. The minimum Gasteiger partial charge on any atom is -0.354 e. The molecular formula is C15H17NO2S. The van der Waals surface area contributed by atoms with Gasteiger partial charge in [-0.05, 0) is 11.4 Å². The van der Waals surface area contributed by atoms with Crippen LogP contribution >= 0.6 is 11.3 Å². The van der Waals surface area contributed by atoms with Crippen molar-refractivity contribution in [2.75, 3.05) is 20.8 Å². The SMILES string of the molecule is COC(CN=C(c1ccccc1)c1ccsc1)OC. The van der Waals surface area contributed by atoms with Gasteiger partial charge in [0.25, 0.3) is 0 Å². The third kappa shape index (κ3) is 3.73. The molecule has 100 valence electrons. The lowest BCUT2D eigenvalue weighted by Crippen LogP contribution is -2.18. The lowest BCUT2D eigenvalue weighted by atomic mass is 10.1. The van der Waals surface area contributed by atoms with Gasteiger partial charge >= 0.3 is 0 Å². The molecule has 0 aliphatic rings. The number of benzene rings is 1. The molecular weight excluding hydrogens is 258 g/mol. The highest BCUT2D eigenvalue weighted by molar-refractivity contribution is 7.08. The van der Waals surface area contributed by atoms with E-state index in [4.69, 9.17) is 9.47 Å². The fraction of sp³-hybridized carbons (Fsp3) is 0.267. The van der Waals surface area contributed by atoms with Crippen LogP contribution in [0, 0.1) is 0 Å². The van der Waals surface area contributed by atoms with Crippen LogP contribution in [0.25, 0.3) is 0 Å². The Morgan fingerprint density at radius 1 is 1.11 bits per heavy atom. The van der Waals surface area contributed by atoms with Gasteiger partial charge in [0, 0.05) is 30.7 Å². The van der Waals surface area contributed by atoms with Crippen LogP contribution in [0.4, 0.5) is 0 Å². The lowest BCUT2D eigenvalue weighted by Gasteiger charge is -2.12. The summed E-state index contributed by atoms with van der Waals surface area (Å²) in [4.78, 5) is 4.65. The van der Waals surface area contributed by atoms with Crippen molar-refractivity contribution in [2.24, 2.45) is 4.99 Å². The maximum atomic E-state index is 5.18. The topological polar surface area (TPSA) is 30.8 Å². The van der Waals surface area contributed by atoms with Crippen LogP contribution in [0.15, 0.2) is 52.2 Å². The molecule has 2 rings (SSSR count). The molecule has 0 atom stereocenters. The maximum Gasteiger partial charge on any atom is 0.176 e. The van der Waals surface area contributed by atoms with E-state index in [1.807, 2.05) is 18.2 Å². The van der Waals surface area contributed by atoms with Crippen LogP contribution in [0.2, 0.25) is 0 Å². The number of rotatable bonds is 6. The Labute approximate surface area is 117 Å². The number of thiophene rings is 1. The number of ether oxygens (including phenoxy) is 2. The Hall–Kier alpha value is -1.49. The van der Waals surface area contributed by atoms with Crippen LogP contribution < -0.4 is 0 Å². The molecule has 1 aromatic heterocycles. The van der Waals surface area contributed by atoms with Gasteiger partial charge in [-0.15, -0.1) is 0 Å². The standard InChI is InChI=1S/C15H17NO2S/c1-17-14(18-2)10-16-15(13-8-9-19-11-13)12-6-4-3-5-7-12/h3-9,11,14H,10H2,1-2H3. The number of nitrogens with zero attached hydrogens (tertiary/aromatic N) is 1. The fourth-order valence-corrected chi connectivity index (χ4v) is 2.40. The number of aliphatic imine (C=N–C) groups is 1. The molecule has 0 radical (unpaired) electrons. The van der Waals surface area contributed by atoms with E-state index in [0.717, 1.165) is 16.8 Å². The first kappa shape index (κ1) is 13.9. The summed E-state index contributed by atoms with van der Waals surface area (Å²) in [6, 6.07) is 12.2. The predicted octanol–water partition coefficient (Wildman–Crippen LogP) is 3.20. The first-order valence-electron chi connectivity index (χ1n) is 6.03. The van der Waals surface area contributed by atoms with Gasteiger partial charge in [-0.3, -0.25) is 4.99 Å². The number of hydrogen-bond acceptors (Lipinski definition) is 4. The van der Waals surface area contributed by atoms with Gasteiger partial charge in [0.05, 0.1) is 12.3 Å². The number of methoxy groups -OCH3 is 2. The molecule has 0 unspecified atom stereocenters. The van der Waals surface area contributed by atoms with Gasteiger partial charge in [-0.1, -0.05) is 30.3 Å². The smallest absolute Gasteiger partial charge is 0.176 e. The van der Waals surface area contributed by atoms with Crippen LogP contribution in [0.1, 0.15) is 11.1 Å². The lowest BCUT2D eigenvalue weighted by molar-refractivity contribution is -0.0936. The molecule has 0 saturated carbocycles. The first-order chi connectivity index (χ1) is 9.35. The van der Waals surface area contributed by atoms with E-state index >= 15 is 0 Å². The van der Waals surface area contributed by atoms with Crippen molar-refractivity contribution in [3.63, 3.8) is 0 Å². The molecule has 0 N–H and O–H groups in total. The van der Waals surface area contributed by atoms with E-state index in [1.165, 1.54) is 0 Å². The highest BCUT2D eigenvalue weighted by Gasteiger charge is 2.09. The van der Waals surface area contributed by atoms with Crippen molar-refractivity contribution in [1.82, 2.24) is 0 Å². The van der Waals surface area contributed by atoms with Crippen LogP contribution in [0.3, 0.4) is 0 Å². The summed E-state index contributed by atoms with van der Waals surface area (Å²) < 4.78 is 10.4. The summed E-state index contributed by atoms with van der Waals surface area (Å²) in [6.45, 7) is 0.479. The van der Waals surface area contributed by atoms with Crippen molar-refractivity contribution in [3.8, 4) is 0 Å². The van der Waals surface area contributed by atoms with Gasteiger partial charge in [-0.2, -0.15) is 11.3 Å². The highest BCUT2D eigenvalue weighted by atomic mass is 32.1. The van der Waals surface area contributed by atoms with Gasteiger partial charge in [-0.25, -0.2) is 0 Å². The monoisotopic (exact) mass is 275 g/mol. The minimum atomic E-state index is -0.308. The Morgan fingerprint density at radius 3 is 2.42 bits per heavy atom. The van der Waals surface area contributed by atoms with E-state index < -0.39 is 0 Å². The first-order valence-corrected chi connectivity index (χ1v) is 6.97. The molecule has 0 fully saturated rings. The van der Waals surface area contributed by atoms with Crippen LogP contribution in [-0.4, -0.2) is 32.8 Å². The fourth-order valence-electron chi connectivity index (χ4n) is 1.76. The molecule has 19 heavy (non-hydrogen) atoms. The largest absolute Gasteiger partial charge is 0.354 e. The quantitative estimate of drug-likeness (QED) is 0.599. The summed E-state index contributed by atoms with van der Waals surface area (Å²) in [5.41, 5.74) is 3.20. The van der Waals surface area contributed by atoms with E-state index in [0.29, 0.717) is 6.54 Å². The summed E-state index contributed by atoms with van der Waals surface area (Å²) in [6.07, 6.45) is -0.308. The average molecular weight is 275 g/mol. The second-order valence-corrected chi connectivity index (χ2v) is 4.75. The Morgan fingerprint density at radius 2 is 1.84 bits per heavy atom. The van der Waals surface area contributed by atoms with Crippen molar-refractivity contribution in [3.05, 3.63) is 58.3 Å². The Bertz CT molecular complexity index is 504. The van der Waals surface area contributed by atoms with E-state index in [9.17, 15) is 0 Å². The van der Waals surface area contributed by atoms with Gasteiger partial charge in [0.1, 0.15) is 0 Å². The van der Waals surface area contributed by atoms with Crippen LogP contribution in [0.5, 0.6) is 0 Å². The van der Waals surface area contributed by atoms with Crippen molar-refractivity contribution < 1.29 is 9.47 Å². The summed E-state index contributed by atoms with van der Waals surface area (Å²) in [5.74, 6) is 0. The molecule has 0 spiro atoms. The Kier molecular flexibility index (Phi) is 5.27. The molecule has 1 aromatic carbocycles. The maximum absolute atomic E-state index is 5.18. The van der Waals surface area contributed by atoms with E-state index in [-0.39, 0.29) is 6.29 Å². The molecule has 0 amide bonds. The zero-order valence-electron chi connectivity index (χ0n) is 11.1. The third-order valence-electron chi connectivity index (χ3n) is 2.77. The van der Waals surface area contributed by atoms with Gasteiger partial charge < -0.3 is 9.47 Å². The van der Waals surface area contributed by atoms with Crippen molar-refractivity contribution in [2.45, 2.75) is 6.29 Å². The zero-order chi connectivity index (χ0) is 13.5. The van der Waals surface area contributed by atoms with Gasteiger partial charge in [0.15, 0.2) is 6.29 Å². The molecule has 2 aromatic rings. The molecule has 4 heteroatoms.